The van der Waals surface area contributed by atoms with Crippen LogP contribution in [0.2, 0.25) is 0 Å². The number of halogens is 1. The van der Waals surface area contributed by atoms with Gasteiger partial charge in [0, 0.05) is 17.9 Å². The highest BCUT2D eigenvalue weighted by atomic mass is 19.1. The van der Waals surface area contributed by atoms with E-state index in [1.807, 2.05) is 12.1 Å². The lowest BCUT2D eigenvalue weighted by molar-refractivity contribution is -0.140. The van der Waals surface area contributed by atoms with Gasteiger partial charge in [0.2, 0.25) is 0 Å². The normalized spacial score (nSPS) is 30.9. The maximum absolute atomic E-state index is 13.3. The smallest absolute Gasteiger partial charge is 0.305 e. The quantitative estimate of drug-likeness (QED) is 0.468. The van der Waals surface area contributed by atoms with Gasteiger partial charge in [0.25, 0.3) is 0 Å². The topological polar surface area (TPSA) is 61.5 Å². The maximum Gasteiger partial charge on any atom is 0.305 e. The molecule has 136 valence electrons. The Labute approximate surface area is 148 Å². The fourth-order valence-electron chi connectivity index (χ4n) is 4.27. The number of hydrogen-bond acceptors (Lipinski definition) is 4. The Balaban J connectivity index is 1.63. The van der Waals surface area contributed by atoms with Gasteiger partial charge in [-0.05, 0) is 49.3 Å². The van der Waals surface area contributed by atoms with E-state index in [0.29, 0.717) is 13.0 Å². The van der Waals surface area contributed by atoms with Crippen LogP contribution < -0.4 is 5.73 Å². The van der Waals surface area contributed by atoms with Crippen LogP contribution in [0.1, 0.15) is 37.7 Å². The number of carbonyl (C=O) groups excluding carboxylic acids is 1. The van der Waals surface area contributed by atoms with Gasteiger partial charge in [0.1, 0.15) is 5.82 Å². The summed E-state index contributed by atoms with van der Waals surface area (Å²) >= 11 is 0. The van der Waals surface area contributed by atoms with E-state index >= 15 is 0 Å². The molecule has 1 aromatic rings. The number of carbonyl (C=O) groups is 1. The zero-order chi connectivity index (χ0) is 17.9. The first kappa shape index (κ1) is 18.1. The van der Waals surface area contributed by atoms with E-state index in [2.05, 4.69) is 16.9 Å². The molecular weight excluding hydrogens is 321 g/mol. The third kappa shape index (κ3) is 3.62. The molecule has 1 heterocycles. The van der Waals surface area contributed by atoms with Crippen molar-refractivity contribution in [2.24, 2.45) is 11.7 Å². The van der Waals surface area contributed by atoms with Crippen molar-refractivity contribution >= 4 is 5.97 Å². The molecule has 4 nitrogen and oxygen atoms in total. The van der Waals surface area contributed by atoms with Gasteiger partial charge in [-0.25, -0.2) is 4.39 Å². The first-order valence-corrected chi connectivity index (χ1v) is 8.92. The zero-order valence-corrected chi connectivity index (χ0v) is 14.6. The fourth-order valence-corrected chi connectivity index (χ4v) is 4.27. The number of unbranched alkanes of at least 4 members (excludes halogenated alkanes) is 1. The van der Waals surface area contributed by atoms with Crippen LogP contribution in [0.5, 0.6) is 0 Å². The molecule has 0 radical (unpaired) electrons. The first-order chi connectivity index (χ1) is 12.1. The lowest BCUT2D eigenvalue weighted by Gasteiger charge is -2.37. The summed E-state index contributed by atoms with van der Waals surface area (Å²) in [7, 11) is 1.41. The Hall–Kier alpha value is -1.72. The Morgan fingerprint density at radius 2 is 2.16 bits per heavy atom. The minimum Gasteiger partial charge on any atom is -0.469 e. The molecule has 4 atom stereocenters. The van der Waals surface area contributed by atoms with E-state index in [4.69, 9.17) is 10.5 Å². The average Bonchev–Trinajstić information content (AvgIpc) is 3.17. The van der Waals surface area contributed by atoms with E-state index in [0.717, 1.165) is 31.2 Å². The molecule has 25 heavy (non-hydrogen) atoms. The first-order valence-electron chi connectivity index (χ1n) is 8.92. The summed E-state index contributed by atoms with van der Waals surface area (Å²) in [6.07, 6.45) is 8.21. The van der Waals surface area contributed by atoms with Gasteiger partial charge in [-0.15, -0.1) is 0 Å². The van der Waals surface area contributed by atoms with Gasteiger partial charge in [-0.2, -0.15) is 0 Å². The number of benzene rings is 1. The molecule has 1 aromatic carbocycles. The predicted octanol–water partition coefficient (Wildman–Crippen LogP) is 3.10. The second kappa shape index (κ2) is 7.67. The summed E-state index contributed by atoms with van der Waals surface area (Å²) in [5.41, 5.74) is 7.42. The minimum absolute atomic E-state index is 0.00137. The number of ether oxygens (including phenoxy) is 2. The fraction of sp³-hybridized carbons (Fsp3) is 0.550. The van der Waals surface area contributed by atoms with Gasteiger partial charge >= 0.3 is 5.97 Å². The second-order valence-electron chi connectivity index (χ2n) is 7.08. The van der Waals surface area contributed by atoms with Crippen molar-refractivity contribution in [3.05, 3.63) is 47.8 Å². The van der Waals surface area contributed by atoms with E-state index in [1.165, 1.54) is 19.2 Å². The van der Waals surface area contributed by atoms with Crippen LogP contribution in [-0.4, -0.2) is 31.8 Å². The molecule has 2 aliphatic rings. The van der Waals surface area contributed by atoms with Gasteiger partial charge in [-0.1, -0.05) is 24.3 Å². The molecule has 0 spiro atoms. The molecule has 2 bridgehead atoms. The minimum atomic E-state index is -0.222. The Kier molecular flexibility index (Phi) is 5.54. The number of fused-ring (bicyclic) bond motifs is 2. The summed E-state index contributed by atoms with van der Waals surface area (Å²) < 4.78 is 23.8. The SMILES string of the molecule is COC(=O)CCCC=CC[C@@H]1[C@@H](N)[C@H]2C[C@]1(c1ccc(F)cc1)CO2. The van der Waals surface area contributed by atoms with E-state index in [-0.39, 0.29) is 35.3 Å². The molecular formula is C20H26FNO3. The van der Waals surface area contributed by atoms with Gasteiger partial charge in [0.05, 0.1) is 19.8 Å². The summed E-state index contributed by atoms with van der Waals surface area (Å²) in [5.74, 6) is -0.107. The van der Waals surface area contributed by atoms with Crippen molar-refractivity contribution in [3.63, 3.8) is 0 Å². The van der Waals surface area contributed by atoms with Crippen molar-refractivity contribution in [2.45, 2.75) is 49.7 Å². The lowest BCUT2D eigenvalue weighted by atomic mass is 9.71. The molecule has 0 unspecified atom stereocenters. The molecule has 1 aliphatic carbocycles. The van der Waals surface area contributed by atoms with Crippen molar-refractivity contribution in [1.82, 2.24) is 0 Å². The number of esters is 1. The highest BCUT2D eigenvalue weighted by Gasteiger charge is 2.57. The lowest BCUT2D eigenvalue weighted by Crippen LogP contribution is -2.46. The number of rotatable bonds is 7. The van der Waals surface area contributed by atoms with Gasteiger partial charge < -0.3 is 15.2 Å². The van der Waals surface area contributed by atoms with Crippen molar-refractivity contribution in [3.8, 4) is 0 Å². The van der Waals surface area contributed by atoms with Crippen molar-refractivity contribution in [2.75, 3.05) is 13.7 Å². The van der Waals surface area contributed by atoms with Crippen molar-refractivity contribution < 1.29 is 18.7 Å². The summed E-state index contributed by atoms with van der Waals surface area (Å²) in [5, 5.41) is 0. The van der Waals surface area contributed by atoms with Crippen LogP contribution in [0.15, 0.2) is 36.4 Å². The Morgan fingerprint density at radius 1 is 1.40 bits per heavy atom. The summed E-state index contributed by atoms with van der Waals surface area (Å²) in [4.78, 5) is 11.1. The summed E-state index contributed by atoms with van der Waals surface area (Å²) in [6.45, 7) is 0.651. The number of nitrogens with two attached hydrogens (primary N) is 1. The average molecular weight is 347 g/mol. The van der Waals surface area contributed by atoms with E-state index in [9.17, 15) is 9.18 Å². The number of allylic oxidation sites excluding steroid dienone is 2. The molecule has 1 aliphatic heterocycles. The molecule has 5 heteroatoms. The van der Waals surface area contributed by atoms with Crippen LogP contribution in [-0.2, 0) is 19.7 Å². The van der Waals surface area contributed by atoms with Gasteiger partial charge in [-0.3, -0.25) is 4.79 Å². The van der Waals surface area contributed by atoms with Crippen LogP contribution in [0.3, 0.4) is 0 Å². The maximum atomic E-state index is 13.3. The second-order valence-corrected chi connectivity index (χ2v) is 7.08. The van der Waals surface area contributed by atoms with Crippen molar-refractivity contribution in [1.29, 1.82) is 0 Å². The molecule has 0 aromatic heterocycles. The standard InChI is InChI=1S/C20H26FNO3/c1-24-18(23)7-5-3-2-4-6-16-19(22)17-12-20(16,13-25-17)14-8-10-15(21)11-9-14/h2,4,8-11,16-17,19H,3,5-7,12-13,22H2,1H3/t16-,17-,19-,20-/m1/s1. The monoisotopic (exact) mass is 347 g/mol. The highest BCUT2D eigenvalue weighted by Crippen LogP contribution is 2.52. The van der Waals surface area contributed by atoms with E-state index in [1.54, 1.807) is 0 Å². The summed E-state index contributed by atoms with van der Waals surface area (Å²) in [6, 6.07) is 6.76. The molecule has 1 saturated heterocycles. The predicted molar refractivity (Wildman–Crippen MR) is 93.5 cm³/mol. The third-order valence-electron chi connectivity index (χ3n) is 5.68. The highest BCUT2D eigenvalue weighted by molar-refractivity contribution is 5.69. The molecule has 3 rings (SSSR count). The number of methoxy groups -OCH3 is 1. The third-order valence-corrected chi connectivity index (χ3v) is 5.68. The Bertz CT molecular complexity index is 630. The molecule has 2 fully saturated rings. The number of hydrogen-bond donors (Lipinski definition) is 1. The van der Waals surface area contributed by atoms with Gasteiger partial charge in [0.15, 0.2) is 0 Å². The van der Waals surface area contributed by atoms with Crippen LogP contribution in [0.4, 0.5) is 4.39 Å². The molecule has 0 amide bonds. The molecule has 2 N–H and O–H groups in total. The Morgan fingerprint density at radius 3 is 2.88 bits per heavy atom. The zero-order valence-electron chi connectivity index (χ0n) is 14.6. The van der Waals surface area contributed by atoms with E-state index < -0.39 is 0 Å². The largest absolute Gasteiger partial charge is 0.469 e. The van der Waals surface area contributed by atoms with Crippen LogP contribution >= 0.6 is 0 Å². The van der Waals surface area contributed by atoms with Crippen LogP contribution in [0.25, 0.3) is 0 Å². The van der Waals surface area contributed by atoms with Crippen LogP contribution in [0, 0.1) is 11.7 Å². The molecule has 1 saturated carbocycles.